The van der Waals surface area contributed by atoms with Crippen LogP contribution in [0.15, 0.2) is 11.6 Å². The van der Waals surface area contributed by atoms with Gasteiger partial charge >= 0.3 is 5.97 Å². The van der Waals surface area contributed by atoms with E-state index in [-0.39, 0.29) is 44.5 Å². The highest BCUT2D eigenvalue weighted by atomic mass is 16.4. The normalized spacial score (nSPS) is 57.1. The fraction of sp³-hybridized carbons (Fsp3) is 0.903. The molecule has 4 heteroatoms. The Morgan fingerprint density at radius 1 is 0.829 bits per heavy atom. The van der Waals surface area contributed by atoms with Crippen LogP contribution in [0.5, 0.6) is 0 Å². The molecule has 4 nitrogen and oxygen atoms in total. The minimum absolute atomic E-state index is 0.0150. The number of aliphatic carboxylic acids is 1. The number of aliphatic hydroxyl groups excluding tert-OH is 2. The molecule has 0 saturated heterocycles. The lowest BCUT2D eigenvalue weighted by Gasteiger charge is -2.74. The van der Waals surface area contributed by atoms with Gasteiger partial charge in [-0.25, -0.2) is 0 Å². The van der Waals surface area contributed by atoms with Gasteiger partial charge in [-0.3, -0.25) is 4.79 Å². The zero-order chi connectivity index (χ0) is 26.0. The second-order valence-corrected chi connectivity index (χ2v) is 15.6. The van der Waals surface area contributed by atoms with Gasteiger partial charge in [0.25, 0.3) is 0 Å². The second-order valence-electron chi connectivity index (χ2n) is 15.6. The van der Waals surface area contributed by atoms with Crippen molar-refractivity contribution in [3.05, 3.63) is 11.6 Å². The smallest absolute Gasteiger partial charge is 0.309 e. The Morgan fingerprint density at radius 3 is 2.11 bits per heavy atom. The van der Waals surface area contributed by atoms with Gasteiger partial charge in [0.15, 0.2) is 0 Å². The van der Waals surface area contributed by atoms with E-state index in [4.69, 9.17) is 0 Å². The summed E-state index contributed by atoms with van der Waals surface area (Å²) in [6.07, 6.45) is 9.97. The first-order valence-corrected chi connectivity index (χ1v) is 14.2. The first-order valence-electron chi connectivity index (χ1n) is 14.2. The fourth-order valence-corrected chi connectivity index (χ4v) is 10.8. The summed E-state index contributed by atoms with van der Waals surface area (Å²) in [5.74, 6) is -0.108. The van der Waals surface area contributed by atoms with Crippen LogP contribution in [0.1, 0.15) is 113 Å². The van der Waals surface area contributed by atoms with Crippen molar-refractivity contribution in [2.75, 3.05) is 0 Å². The van der Waals surface area contributed by atoms with Crippen LogP contribution in [-0.4, -0.2) is 33.5 Å². The van der Waals surface area contributed by atoms with Crippen molar-refractivity contribution in [1.82, 2.24) is 0 Å². The summed E-state index contributed by atoms with van der Waals surface area (Å²) in [5.41, 5.74) is 0.599. The summed E-state index contributed by atoms with van der Waals surface area (Å²) in [6, 6.07) is 0. The average molecular weight is 487 g/mol. The molecule has 3 N–H and O–H groups in total. The number of carbonyl (C=O) groups is 1. The monoisotopic (exact) mass is 486 g/mol. The van der Waals surface area contributed by atoms with Crippen molar-refractivity contribution in [2.45, 2.75) is 125 Å². The molecule has 0 heterocycles. The van der Waals surface area contributed by atoms with Crippen LogP contribution in [0.25, 0.3) is 0 Å². The lowest BCUT2D eigenvalue weighted by Crippen LogP contribution is -2.68. The van der Waals surface area contributed by atoms with Gasteiger partial charge in [-0.2, -0.15) is 0 Å². The third kappa shape index (κ3) is 2.80. The van der Waals surface area contributed by atoms with Gasteiger partial charge in [-0.1, -0.05) is 60.1 Å². The Hall–Kier alpha value is -0.870. The minimum Gasteiger partial charge on any atom is -0.481 e. The Bertz CT molecular complexity index is 969. The third-order valence-electron chi connectivity index (χ3n) is 14.5. The lowest BCUT2D eigenvalue weighted by molar-refractivity contribution is -0.251. The number of hydrogen-bond donors (Lipinski definition) is 3. The predicted octanol–water partition coefficient (Wildman–Crippen LogP) is 6.59. The molecule has 0 amide bonds. The number of aliphatic hydroxyl groups is 2. The van der Waals surface area contributed by atoms with Gasteiger partial charge in [0.05, 0.1) is 17.6 Å². The zero-order valence-corrected chi connectivity index (χ0v) is 23.5. The summed E-state index contributed by atoms with van der Waals surface area (Å²) >= 11 is 0. The molecular weight excluding hydrogens is 436 g/mol. The first kappa shape index (κ1) is 25.8. The standard InChI is InChI=1S/C31H50O4/c1-25(2)22(32)11-12-30(7)21-10-9-19-20-17-26(3,24(34)35)18-23(33)27(20,4)13-14-28(19,5)29(21,6)15-16-31(25,30)8/h9,20-23,32-33H,10-18H2,1-8H3,(H,34,35)/t20-,21-,22-,23+,26-,27+,28+,29+,30+,31-/m0/s1. The highest BCUT2D eigenvalue weighted by Gasteiger charge is 2.72. The topological polar surface area (TPSA) is 77.8 Å². The number of hydrogen-bond acceptors (Lipinski definition) is 3. The quantitative estimate of drug-likeness (QED) is 0.365. The van der Waals surface area contributed by atoms with Crippen molar-refractivity contribution in [3.63, 3.8) is 0 Å². The molecule has 0 unspecified atom stereocenters. The van der Waals surface area contributed by atoms with Crippen LogP contribution < -0.4 is 0 Å². The molecule has 0 aliphatic heterocycles. The molecule has 5 aliphatic rings. The predicted molar refractivity (Wildman–Crippen MR) is 139 cm³/mol. The SMILES string of the molecule is CC1(C)[C@@H](O)CC[C@]2(C)[C@H]3CC=C4[C@@H]5C[C@](C)(C(=O)O)C[C@@H](O)[C@]5(C)CC[C@@]4(C)[C@]3(C)CC[C@@]12C. The van der Waals surface area contributed by atoms with Crippen molar-refractivity contribution >= 4 is 5.97 Å². The number of allylic oxidation sites excluding steroid dienone is 2. The molecule has 10 atom stereocenters. The first-order chi connectivity index (χ1) is 15.9. The summed E-state index contributed by atoms with van der Waals surface area (Å²) < 4.78 is 0. The summed E-state index contributed by atoms with van der Waals surface area (Å²) in [6.45, 7) is 18.7. The highest BCUT2D eigenvalue weighted by Crippen LogP contribution is 2.78. The zero-order valence-electron chi connectivity index (χ0n) is 23.5. The maximum Gasteiger partial charge on any atom is 0.309 e. The van der Waals surface area contributed by atoms with E-state index in [0.29, 0.717) is 18.8 Å². The van der Waals surface area contributed by atoms with Crippen molar-refractivity contribution < 1.29 is 20.1 Å². The molecule has 35 heavy (non-hydrogen) atoms. The maximum atomic E-state index is 12.3. The van der Waals surface area contributed by atoms with E-state index in [1.807, 2.05) is 6.92 Å². The molecule has 0 bridgehead atoms. The van der Waals surface area contributed by atoms with E-state index >= 15 is 0 Å². The maximum absolute atomic E-state index is 12.3. The molecule has 4 fully saturated rings. The Labute approximate surface area is 213 Å². The van der Waals surface area contributed by atoms with Crippen LogP contribution in [0.3, 0.4) is 0 Å². The third-order valence-corrected chi connectivity index (χ3v) is 14.5. The van der Waals surface area contributed by atoms with Gasteiger partial charge in [0.1, 0.15) is 0 Å². The van der Waals surface area contributed by atoms with Gasteiger partial charge in [0.2, 0.25) is 0 Å². The summed E-state index contributed by atoms with van der Waals surface area (Å²) in [4.78, 5) is 12.3. The molecule has 0 aromatic heterocycles. The molecular formula is C31H50O4. The molecule has 0 aromatic carbocycles. The van der Waals surface area contributed by atoms with Gasteiger partial charge in [-0.05, 0) is 104 Å². The van der Waals surface area contributed by atoms with E-state index in [0.717, 1.165) is 44.9 Å². The Balaban J connectivity index is 1.61. The van der Waals surface area contributed by atoms with E-state index in [1.165, 1.54) is 5.57 Å². The lowest BCUT2D eigenvalue weighted by atomic mass is 9.30. The Kier molecular flexibility index (Phi) is 5.27. The number of carboxylic acid groups (broad SMARTS) is 1. The Morgan fingerprint density at radius 2 is 1.49 bits per heavy atom. The fourth-order valence-electron chi connectivity index (χ4n) is 10.8. The number of carboxylic acids is 1. The molecule has 5 aliphatic carbocycles. The van der Waals surface area contributed by atoms with Gasteiger partial charge in [0, 0.05) is 5.41 Å². The van der Waals surface area contributed by atoms with Crippen LogP contribution in [0, 0.1) is 49.7 Å². The summed E-state index contributed by atoms with van der Waals surface area (Å²) in [5, 5.41) is 32.5. The molecule has 0 radical (unpaired) electrons. The average Bonchev–Trinajstić information content (AvgIpc) is 2.76. The number of rotatable bonds is 1. The van der Waals surface area contributed by atoms with Crippen LogP contribution in [0.4, 0.5) is 0 Å². The minimum atomic E-state index is -0.874. The van der Waals surface area contributed by atoms with E-state index in [1.54, 1.807) is 0 Å². The van der Waals surface area contributed by atoms with Crippen LogP contribution in [-0.2, 0) is 4.79 Å². The van der Waals surface area contributed by atoms with Crippen molar-refractivity contribution in [1.29, 1.82) is 0 Å². The van der Waals surface area contributed by atoms with E-state index in [2.05, 4.69) is 54.5 Å². The van der Waals surface area contributed by atoms with Crippen LogP contribution in [0.2, 0.25) is 0 Å². The van der Waals surface area contributed by atoms with Gasteiger partial charge in [-0.15, -0.1) is 0 Å². The summed E-state index contributed by atoms with van der Waals surface area (Å²) in [7, 11) is 0. The van der Waals surface area contributed by atoms with E-state index < -0.39 is 17.5 Å². The van der Waals surface area contributed by atoms with Crippen LogP contribution >= 0.6 is 0 Å². The largest absolute Gasteiger partial charge is 0.481 e. The second kappa shape index (κ2) is 7.16. The molecule has 0 aromatic rings. The van der Waals surface area contributed by atoms with Crippen molar-refractivity contribution in [2.24, 2.45) is 49.7 Å². The molecule has 0 spiro atoms. The van der Waals surface area contributed by atoms with Gasteiger partial charge < -0.3 is 15.3 Å². The number of fused-ring (bicyclic) bond motifs is 7. The highest BCUT2D eigenvalue weighted by molar-refractivity contribution is 5.74. The van der Waals surface area contributed by atoms with Crippen molar-refractivity contribution in [3.8, 4) is 0 Å². The molecule has 5 rings (SSSR count). The molecule has 198 valence electrons. The van der Waals surface area contributed by atoms with E-state index in [9.17, 15) is 20.1 Å². The molecule has 4 saturated carbocycles.